The maximum absolute atomic E-state index is 13.4. The molecule has 0 aliphatic carbocycles. The lowest BCUT2D eigenvalue weighted by atomic mass is 9.90. The zero-order valence-corrected chi connectivity index (χ0v) is 15.1. The molecular weight excluding hydrogens is 342 g/mol. The predicted molar refractivity (Wildman–Crippen MR) is 100.0 cm³/mol. The van der Waals surface area contributed by atoms with Crippen molar-refractivity contribution in [2.45, 2.75) is 18.5 Å². The molecule has 3 heterocycles. The minimum Gasteiger partial charge on any atom is -0.497 e. The number of fused-ring (bicyclic) bond motifs is 3. The van der Waals surface area contributed by atoms with Crippen molar-refractivity contribution < 1.29 is 14.3 Å². The summed E-state index contributed by atoms with van der Waals surface area (Å²) < 4.78 is 5.19. The summed E-state index contributed by atoms with van der Waals surface area (Å²) in [5.74, 6) is 0.0899. The van der Waals surface area contributed by atoms with Gasteiger partial charge in [-0.3, -0.25) is 9.59 Å². The van der Waals surface area contributed by atoms with E-state index in [2.05, 4.69) is 22.2 Å². The number of carbonyl (C=O) groups is 2. The van der Waals surface area contributed by atoms with Crippen LogP contribution in [0.3, 0.4) is 0 Å². The first-order chi connectivity index (χ1) is 13.2. The second-order valence-electron chi connectivity index (χ2n) is 7.22. The van der Waals surface area contributed by atoms with Crippen molar-refractivity contribution >= 4 is 17.5 Å². The van der Waals surface area contributed by atoms with Crippen LogP contribution in [0.2, 0.25) is 0 Å². The molecule has 6 heteroatoms. The van der Waals surface area contributed by atoms with Crippen molar-refractivity contribution in [2.24, 2.45) is 5.92 Å². The zero-order valence-electron chi connectivity index (χ0n) is 15.1. The first-order valence-corrected chi connectivity index (χ1v) is 9.31. The van der Waals surface area contributed by atoms with Gasteiger partial charge in [0, 0.05) is 13.1 Å². The Labute approximate surface area is 157 Å². The van der Waals surface area contributed by atoms with Gasteiger partial charge < -0.3 is 4.74 Å². The summed E-state index contributed by atoms with van der Waals surface area (Å²) in [6.45, 7) is 1.70. The molecule has 3 aliphatic rings. The first-order valence-electron chi connectivity index (χ1n) is 9.31. The summed E-state index contributed by atoms with van der Waals surface area (Å²) in [5.41, 5.74) is 1.70. The summed E-state index contributed by atoms with van der Waals surface area (Å²) >= 11 is 0. The van der Waals surface area contributed by atoms with Gasteiger partial charge in [-0.15, -0.1) is 0 Å². The van der Waals surface area contributed by atoms with Crippen LogP contribution in [0.4, 0.5) is 5.69 Å². The molecule has 138 valence electrons. The van der Waals surface area contributed by atoms with E-state index < -0.39 is 6.04 Å². The monoisotopic (exact) mass is 363 g/mol. The molecule has 2 aromatic rings. The van der Waals surface area contributed by atoms with Crippen LogP contribution < -0.4 is 9.64 Å². The second-order valence-corrected chi connectivity index (χ2v) is 7.22. The number of hydrazine groups is 1. The number of amides is 2. The van der Waals surface area contributed by atoms with E-state index in [9.17, 15) is 9.59 Å². The van der Waals surface area contributed by atoms with E-state index in [1.807, 2.05) is 18.2 Å². The van der Waals surface area contributed by atoms with E-state index in [0.29, 0.717) is 11.4 Å². The van der Waals surface area contributed by atoms with Gasteiger partial charge in [0.15, 0.2) is 0 Å². The average Bonchev–Trinajstić information content (AvgIpc) is 3.35. The van der Waals surface area contributed by atoms with E-state index in [4.69, 9.17) is 4.74 Å². The Morgan fingerprint density at radius 3 is 2.19 bits per heavy atom. The fourth-order valence-electron chi connectivity index (χ4n) is 4.75. The number of benzene rings is 2. The van der Waals surface area contributed by atoms with Crippen molar-refractivity contribution in [3.8, 4) is 5.75 Å². The SMILES string of the molecule is COc1ccc(N2C(=O)[C@H]3[C@@H](C2=O)N2CCCN2[C@@H]3c2ccccc2)cc1. The van der Waals surface area contributed by atoms with Crippen LogP contribution in [-0.2, 0) is 9.59 Å². The Hall–Kier alpha value is -2.70. The van der Waals surface area contributed by atoms with Crippen LogP contribution in [0.1, 0.15) is 18.0 Å². The number of hydrogen-bond donors (Lipinski definition) is 0. The lowest BCUT2D eigenvalue weighted by Gasteiger charge is -2.29. The van der Waals surface area contributed by atoms with Gasteiger partial charge in [-0.2, -0.15) is 0 Å². The highest BCUT2D eigenvalue weighted by Crippen LogP contribution is 2.48. The summed E-state index contributed by atoms with van der Waals surface area (Å²) in [4.78, 5) is 28.0. The molecule has 0 spiro atoms. The van der Waals surface area contributed by atoms with Crippen molar-refractivity contribution in [3.63, 3.8) is 0 Å². The molecule has 6 nitrogen and oxygen atoms in total. The number of carbonyl (C=O) groups excluding carboxylic acids is 2. The minimum absolute atomic E-state index is 0.0848. The van der Waals surface area contributed by atoms with E-state index in [1.165, 1.54) is 4.90 Å². The van der Waals surface area contributed by atoms with Gasteiger partial charge >= 0.3 is 0 Å². The second kappa shape index (κ2) is 6.18. The fraction of sp³-hybridized carbons (Fsp3) is 0.333. The highest BCUT2D eigenvalue weighted by atomic mass is 16.5. The van der Waals surface area contributed by atoms with Gasteiger partial charge in [-0.1, -0.05) is 30.3 Å². The third-order valence-electron chi connectivity index (χ3n) is 5.88. The molecule has 2 aromatic carbocycles. The lowest BCUT2D eigenvalue weighted by Crippen LogP contribution is -2.44. The minimum atomic E-state index is -0.410. The first kappa shape index (κ1) is 16.5. The molecular formula is C21H21N3O3. The maximum atomic E-state index is 13.4. The Morgan fingerprint density at radius 1 is 0.852 bits per heavy atom. The number of methoxy groups -OCH3 is 1. The van der Waals surface area contributed by atoms with Crippen LogP contribution in [0.15, 0.2) is 54.6 Å². The van der Waals surface area contributed by atoms with E-state index in [1.54, 1.807) is 31.4 Å². The van der Waals surface area contributed by atoms with Gasteiger partial charge in [-0.25, -0.2) is 14.9 Å². The molecule has 3 aliphatic heterocycles. The van der Waals surface area contributed by atoms with Gasteiger partial charge in [0.05, 0.1) is 24.8 Å². The molecule has 0 aromatic heterocycles. The number of imide groups is 1. The normalized spacial score (nSPS) is 27.9. The van der Waals surface area contributed by atoms with Crippen LogP contribution in [-0.4, -0.2) is 48.1 Å². The molecule has 3 saturated heterocycles. The Bertz CT molecular complexity index is 883. The summed E-state index contributed by atoms with van der Waals surface area (Å²) in [6.07, 6.45) is 1.01. The van der Waals surface area contributed by atoms with Crippen LogP contribution in [0, 0.1) is 5.92 Å². The molecule has 27 heavy (non-hydrogen) atoms. The Morgan fingerprint density at radius 2 is 1.52 bits per heavy atom. The summed E-state index contributed by atoms with van der Waals surface area (Å²) in [5, 5.41) is 4.35. The maximum Gasteiger partial charge on any atom is 0.253 e. The quantitative estimate of drug-likeness (QED) is 0.783. The van der Waals surface area contributed by atoms with Crippen molar-refractivity contribution in [3.05, 3.63) is 60.2 Å². The smallest absolute Gasteiger partial charge is 0.253 e. The molecule has 0 unspecified atom stereocenters. The molecule has 0 N–H and O–H groups in total. The predicted octanol–water partition coefficient (Wildman–Crippen LogP) is 2.23. The summed E-state index contributed by atoms with van der Waals surface area (Å²) in [6, 6.07) is 16.7. The van der Waals surface area contributed by atoms with E-state index in [-0.39, 0.29) is 23.8 Å². The van der Waals surface area contributed by atoms with Crippen LogP contribution in [0.5, 0.6) is 5.75 Å². The van der Waals surface area contributed by atoms with Crippen molar-refractivity contribution in [1.29, 1.82) is 0 Å². The average molecular weight is 363 g/mol. The van der Waals surface area contributed by atoms with E-state index in [0.717, 1.165) is 25.1 Å². The third-order valence-corrected chi connectivity index (χ3v) is 5.88. The molecule has 5 rings (SSSR count). The van der Waals surface area contributed by atoms with Crippen molar-refractivity contribution in [1.82, 2.24) is 10.0 Å². The fourth-order valence-corrected chi connectivity index (χ4v) is 4.75. The number of hydrogen-bond acceptors (Lipinski definition) is 5. The lowest BCUT2D eigenvalue weighted by molar-refractivity contribution is -0.126. The van der Waals surface area contributed by atoms with Crippen molar-refractivity contribution in [2.75, 3.05) is 25.1 Å². The molecule has 0 saturated carbocycles. The number of rotatable bonds is 3. The zero-order chi connectivity index (χ0) is 18.5. The summed E-state index contributed by atoms with van der Waals surface area (Å²) in [7, 11) is 1.60. The largest absolute Gasteiger partial charge is 0.497 e. The highest BCUT2D eigenvalue weighted by molar-refractivity contribution is 6.24. The molecule has 2 amide bonds. The van der Waals surface area contributed by atoms with Crippen LogP contribution in [0.25, 0.3) is 0 Å². The van der Waals surface area contributed by atoms with Gasteiger partial charge in [-0.05, 0) is 36.2 Å². The molecule has 0 bridgehead atoms. The molecule has 3 fully saturated rings. The standard InChI is InChI=1S/C21H21N3O3/c1-27-16-10-8-15(9-11-16)24-20(25)17-18(14-6-3-2-4-7-14)22-12-5-13-23(22)19(17)21(24)26/h2-4,6-11,17-19H,5,12-13H2,1H3/t17-,18-,19+/m1/s1. The Balaban J connectivity index is 1.55. The third kappa shape index (κ3) is 2.33. The number of anilines is 1. The van der Waals surface area contributed by atoms with Gasteiger partial charge in [0.2, 0.25) is 5.91 Å². The highest BCUT2D eigenvalue weighted by Gasteiger charge is 2.62. The van der Waals surface area contributed by atoms with Gasteiger partial charge in [0.25, 0.3) is 5.91 Å². The van der Waals surface area contributed by atoms with Gasteiger partial charge in [0.1, 0.15) is 11.8 Å². The molecule has 0 radical (unpaired) electrons. The number of ether oxygens (including phenoxy) is 1. The molecule has 3 atom stereocenters. The van der Waals surface area contributed by atoms with Crippen LogP contribution >= 0.6 is 0 Å². The topological polar surface area (TPSA) is 53.1 Å². The van der Waals surface area contributed by atoms with E-state index >= 15 is 0 Å². The Kier molecular flexibility index (Phi) is 3.77. The number of nitrogens with zero attached hydrogens (tertiary/aromatic N) is 3.